The summed E-state index contributed by atoms with van der Waals surface area (Å²) in [6.45, 7) is 2.05. The van der Waals surface area contributed by atoms with E-state index in [0.717, 1.165) is 44.1 Å². The molecule has 0 aliphatic rings. The van der Waals surface area contributed by atoms with Crippen LogP contribution >= 0.6 is 0 Å². The summed E-state index contributed by atoms with van der Waals surface area (Å²) in [6.07, 6.45) is 1.72. The van der Waals surface area contributed by atoms with Crippen LogP contribution in [0.2, 0.25) is 0 Å². The third-order valence-corrected chi connectivity index (χ3v) is 5.42. The fourth-order valence-electron chi connectivity index (χ4n) is 3.76. The summed E-state index contributed by atoms with van der Waals surface area (Å²) in [5, 5.41) is 6.09. The van der Waals surface area contributed by atoms with Crippen LogP contribution in [0.15, 0.2) is 85.1 Å². The average molecular weight is 404 g/mol. The number of benzene rings is 4. The van der Waals surface area contributed by atoms with Crippen molar-refractivity contribution >= 4 is 39.2 Å². The van der Waals surface area contributed by atoms with Crippen molar-refractivity contribution in [3.63, 3.8) is 0 Å². The van der Waals surface area contributed by atoms with E-state index >= 15 is 0 Å². The van der Waals surface area contributed by atoms with Crippen molar-refractivity contribution in [2.45, 2.75) is 6.92 Å². The number of nitrogens with one attached hydrogen (secondary N) is 1. The molecule has 31 heavy (non-hydrogen) atoms. The molecule has 5 heteroatoms. The molecule has 150 valence electrons. The molecule has 0 radical (unpaired) electrons. The van der Waals surface area contributed by atoms with Gasteiger partial charge in [-0.25, -0.2) is 9.97 Å². The smallest absolute Gasteiger partial charge is 0.255 e. The zero-order valence-electron chi connectivity index (χ0n) is 17.0. The number of nitrogen functional groups attached to an aromatic ring is 1. The zero-order chi connectivity index (χ0) is 21.4. The van der Waals surface area contributed by atoms with Gasteiger partial charge in [-0.15, -0.1) is 0 Å². The molecule has 1 amide bonds. The molecule has 1 heterocycles. The van der Waals surface area contributed by atoms with E-state index in [1.165, 1.54) is 0 Å². The van der Waals surface area contributed by atoms with Gasteiger partial charge in [0.15, 0.2) is 0 Å². The number of carbonyl (C=O) groups is 1. The zero-order valence-corrected chi connectivity index (χ0v) is 17.0. The molecule has 0 unspecified atom stereocenters. The van der Waals surface area contributed by atoms with E-state index in [1.807, 2.05) is 85.8 Å². The molecule has 0 atom stereocenters. The number of amides is 1. The summed E-state index contributed by atoms with van der Waals surface area (Å²) in [5.74, 6) is 0.123. The normalized spacial score (nSPS) is 11.0. The molecule has 4 aromatic carbocycles. The van der Waals surface area contributed by atoms with E-state index in [2.05, 4.69) is 15.3 Å². The van der Waals surface area contributed by atoms with E-state index in [4.69, 9.17) is 5.73 Å². The molecule has 1 aromatic heterocycles. The number of hydrogen-bond donors (Lipinski definition) is 2. The molecular weight excluding hydrogens is 384 g/mol. The molecule has 5 nitrogen and oxygen atoms in total. The first-order valence-electron chi connectivity index (χ1n) is 10.0. The maximum Gasteiger partial charge on any atom is 0.255 e. The number of nitrogens with zero attached hydrogens (tertiary/aromatic N) is 2. The van der Waals surface area contributed by atoms with Crippen LogP contribution in [-0.4, -0.2) is 15.9 Å². The molecule has 3 N–H and O–H groups in total. The Labute approximate surface area is 179 Å². The van der Waals surface area contributed by atoms with Gasteiger partial charge in [0.05, 0.1) is 5.52 Å². The molecule has 0 saturated carbocycles. The summed E-state index contributed by atoms with van der Waals surface area (Å²) in [6, 6.07) is 25.6. The van der Waals surface area contributed by atoms with Crippen molar-refractivity contribution < 1.29 is 4.79 Å². The summed E-state index contributed by atoms with van der Waals surface area (Å²) >= 11 is 0. The van der Waals surface area contributed by atoms with Crippen molar-refractivity contribution in [3.05, 3.63) is 96.2 Å². The highest BCUT2D eigenvalue weighted by Gasteiger charge is 2.10. The van der Waals surface area contributed by atoms with Gasteiger partial charge in [-0.1, -0.05) is 42.5 Å². The van der Waals surface area contributed by atoms with Crippen LogP contribution in [-0.2, 0) is 0 Å². The van der Waals surface area contributed by atoms with Crippen molar-refractivity contribution in [3.8, 4) is 11.1 Å². The Morgan fingerprint density at radius 2 is 1.71 bits per heavy atom. The lowest BCUT2D eigenvalue weighted by Gasteiger charge is -2.12. The predicted molar refractivity (Wildman–Crippen MR) is 126 cm³/mol. The number of aromatic nitrogens is 2. The molecule has 0 bridgehead atoms. The predicted octanol–water partition coefficient (Wildman–Crippen LogP) is 5.59. The minimum atomic E-state index is -0.136. The Balaban J connectivity index is 1.46. The van der Waals surface area contributed by atoms with Crippen LogP contribution in [0, 0.1) is 6.92 Å². The third-order valence-electron chi connectivity index (χ3n) is 5.42. The first kappa shape index (κ1) is 18.8. The molecule has 0 spiro atoms. The Morgan fingerprint density at radius 1 is 0.871 bits per heavy atom. The molecule has 5 aromatic rings. The highest BCUT2D eigenvalue weighted by molar-refractivity contribution is 6.06. The highest BCUT2D eigenvalue weighted by Crippen LogP contribution is 2.29. The lowest BCUT2D eigenvalue weighted by molar-refractivity contribution is 0.102. The van der Waals surface area contributed by atoms with Gasteiger partial charge in [0.25, 0.3) is 5.91 Å². The van der Waals surface area contributed by atoms with Crippen molar-refractivity contribution in [2.75, 3.05) is 11.1 Å². The third kappa shape index (κ3) is 3.69. The van der Waals surface area contributed by atoms with Crippen molar-refractivity contribution in [2.24, 2.45) is 0 Å². The van der Waals surface area contributed by atoms with Crippen LogP contribution in [0.4, 0.5) is 11.6 Å². The second kappa shape index (κ2) is 7.54. The number of aryl methyl sites for hydroxylation is 1. The second-order valence-corrected chi connectivity index (χ2v) is 7.55. The quantitative estimate of drug-likeness (QED) is 0.410. The maximum absolute atomic E-state index is 12.9. The molecule has 0 fully saturated rings. The van der Waals surface area contributed by atoms with Crippen LogP contribution < -0.4 is 11.1 Å². The van der Waals surface area contributed by atoms with Crippen LogP contribution in [0.3, 0.4) is 0 Å². The van der Waals surface area contributed by atoms with Crippen molar-refractivity contribution in [1.29, 1.82) is 0 Å². The number of carbonyl (C=O) groups excluding carboxylic acids is 1. The van der Waals surface area contributed by atoms with Gasteiger partial charge in [0.2, 0.25) is 5.95 Å². The Kier molecular flexibility index (Phi) is 4.56. The standard InChI is InChI=1S/C26H20N4O/c1-16-6-10-22(29-25(31)20-8-7-17-4-2-3-5-18(17)12-20)14-23(16)19-9-11-24-21(13-19)15-28-26(27)30-24/h2-15H,1H3,(H,29,31)(H2,27,28,30). The van der Waals surface area contributed by atoms with Gasteiger partial charge < -0.3 is 11.1 Å². The number of nitrogens with two attached hydrogens (primary N) is 1. The molecule has 0 aliphatic carbocycles. The number of rotatable bonds is 3. The van der Waals surface area contributed by atoms with E-state index in [9.17, 15) is 4.79 Å². The minimum absolute atomic E-state index is 0.136. The summed E-state index contributed by atoms with van der Waals surface area (Å²) in [4.78, 5) is 21.2. The van der Waals surface area contributed by atoms with E-state index in [1.54, 1.807) is 6.20 Å². The van der Waals surface area contributed by atoms with Crippen LogP contribution in [0.5, 0.6) is 0 Å². The fraction of sp³-hybridized carbons (Fsp3) is 0.0385. The summed E-state index contributed by atoms with van der Waals surface area (Å²) in [7, 11) is 0. The molecule has 0 saturated heterocycles. The van der Waals surface area contributed by atoms with Gasteiger partial charge >= 0.3 is 0 Å². The SMILES string of the molecule is Cc1ccc(NC(=O)c2ccc3ccccc3c2)cc1-c1ccc2nc(N)ncc2c1. The fourth-order valence-corrected chi connectivity index (χ4v) is 3.76. The van der Waals surface area contributed by atoms with Gasteiger partial charge in [0.1, 0.15) is 0 Å². The largest absolute Gasteiger partial charge is 0.368 e. The summed E-state index contributed by atoms with van der Waals surface area (Å²) < 4.78 is 0. The van der Waals surface area contributed by atoms with Gasteiger partial charge in [-0.2, -0.15) is 0 Å². The van der Waals surface area contributed by atoms with E-state index in [0.29, 0.717) is 5.56 Å². The Bertz CT molecular complexity index is 1460. The Hall–Kier alpha value is -4.25. The van der Waals surface area contributed by atoms with Gasteiger partial charge in [-0.05, 0) is 70.8 Å². The van der Waals surface area contributed by atoms with E-state index in [-0.39, 0.29) is 11.9 Å². The number of anilines is 2. The molecular formula is C26H20N4O. The van der Waals surface area contributed by atoms with E-state index < -0.39 is 0 Å². The topological polar surface area (TPSA) is 80.9 Å². The maximum atomic E-state index is 12.9. The monoisotopic (exact) mass is 404 g/mol. The number of hydrogen-bond acceptors (Lipinski definition) is 4. The second-order valence-electron chi connectivity index (χ2n) is 7.55. The minimum Gasteiger partial charge on any atom is -0.368 e. The number of fused-ring (bicyclic) bond motifs is 2. The highest BCUT2D eigenvalue weighted by atomic mass is 16.1. The first-order valence-corrected chi connectivity index (χ1v) is 10.0. The average Bonchev–Trinajstić information content (AvgIpc) is 2.79. The van der Waals surface area contributed by atoms with Gasteiger partial charge in [-0.3, -0.25) is 4.79 Å². The van der Waals surface area contributed by atoms with Crippen LogP contribution in [0.25, 0.3) is 32.8 Å². The molecule has 0 aliphatic heterocycles. The molecule has 5 rings (SSSR count). The van der Waals surface area contributed by atoms with Gasteiger partial charge in [0, 0.05) is 22.8 Å². The first-order chi connectivity index (χ1) is 15.1. The van der Waals surface area contributed by atoms with Crippen molar-refractivity contribution in [1.82, 2.24) is 9.97 Å². The summed E-state index contributed by atoms with van der Waals surface area (Å²) in [5.41, 5.74) is 11.0. The lowest BCUT2D eigenvalue weighted by Crippen LogP contribution is -2.11. The van der Waals surface area contributed by atoms with Crippen LogP contribution in [0.1, 0.15) is 15.9 Å². The lowest BCUT2D eigenvalue weighted by atomic mass is 9.98. The Morgan fingerprint density at radius 3 is 2.58 bits per heavy atom.